The minimum Gasteiger partial charge on any atom is -0.497 e. The number of carbonyl (C=O) groups excluding carboxylic acids is 2. The van der Waals surface area contributed by atoms with Crippen LogP contribution in [0.5, 0.6) is 5.75 Å². The first-order chi connectivity index (χ1) is 12.0. The van der Waals surface area contributed by atoms with Crippen molar-refractivity contribution >= 4 is 49.7 Å². The summed E-state index contributed by atoms with van der Waals surface area (Å²) in [5.74, 6) is 0.552. The third-order valence-corrected chi connectivity index (χ3v) is 5.66. The molecule has 0 aliphatic carbocycles. The number of fused-ring (bicyclic) bond motifs is 1. The summed E-state index contributed by atoms with van der Waals surface area (Å²) >= 11 is 2.99. The lowest BCUT2D eigenvalue weighted by Crippen LogP contribution is -2.13. The first kappa shape index (κ1) is 17.6. The van der Waals surface area contributed by atoms with Gasteiger partial charge in [0.05, 0.1) is 17.3 Å². The quantitative estimate of drug-likeness (QED) is 0.641. The molecule has 0 saturated carbocycles. The van der Waals surface area contributed by atoms with Gasteiger partial charge in [0.2, 0.25) is 5.91 Å². The van der Waals surface area contributed by atoms with E-state index < -0.39 is 0 Å². The van der Waals surface area contributed by atoms with Crippen LogP contribution in [0.25, 0.3) is 10.2 Å². The van der Waals surface area contributed by atoms with Crippen molar-refractivity contribution in [1.82, 2.24) is 4.98 Å². The number of hydrogen-bond donors (Lipinski definition) is 1. The lowest BCUT2D eigenvalue weighted by Gasteiger charge is -2.01. The minimum atomic E-state index is -0.205. The smallest absolute Gasteiger partial charge is 0.226 e. The molecule has 0 fully saturated rings. The molecule has 0 radical (unpaired) electrons. The molecule has 1 N–H and O–H groups in total. The van der Waals surface area contributed by atoms with Crippen molar-refractivity contribution < 1.29 is 14.3 Å². The molecule has 1 amide bonds. The van der Waals surface area contributed by atoms with Gasteiger partial charge >= 0.3 is 0 Å². The summed E-state index contributed by atoms with van der Waals surface area (Å²) in [4.78, 5) is 30.9. The van der Waals surface area contributed by atoms with Crippen molar-refractivity contribution in [3.63, 3.8) is 0 Å². The predicted molar refractivity (Wildman–Crippen MR) is 102 cm³/mol. The van der Waals surface area contributed by atoms with E-state index in [4.69, 9.17) is 4.74 Å². The van der Waals surface area contributed by atoms with Crippen LogP contribution in [-0.4, -0.2) is 23.8 Å². The molecule has 5 nitrogen and oxygen atoms in total. The molecule has 7 heteroatoms. The van der Waals surface area contributed by atoms with E-state index in [-0.39, 0.29) is 24.5 Å². The van der Waals surface area contributed by atoms with Crippen molar-refractivity contribution in [2.45, 2.75) is 26.7 Å². The van der Waals surface area contributed by atoms with Crippen LogP contribution in [0.2, 0.25) is 0 Å². The number of methoxy groups -OCH3 is 1. The largest absolute Gasteiger partial charge is 0.497 e. The van der Waals surface area contributed by atoms with E-state index >= 15 is 0 Å². The zero-order valence-electron chi connectivity index (χ0n) is 14.2. The highest BCUT2D eigenvalue weighted by atomic mass is 32.1. The Hall–Kier alpha value is -2.25. The Balaban J connectivity index is 1.61. The highest BCUT2D eigenvalue weighted by Gasteiger charge is 2.15. The summed E-state index contributed by atoms with van der Waals surface area (Å²) < 4.78 is 6.13. The van der Waals surface area contributed by atoms with Gasteiger partial charge in [0.25, 0.3) is 0 Å². The number of rotatable bonds is 6. The molecule has 3 aromatic rings. The zero-order valence-corrected chi connectivity index (χ0v) is 15.8. The maximum Gasteiger partial charge on any atom is 0.226 e. The van der Waals surface area contributed by atoms with Gasteiger partial charge in [0, 0.05) is 28.2 Å². The van der Waals surface area contributed by atoms with E-state index in [0.29, 0.717) is 5.13 Å². The third-order valence-electron chi connectivity index (χ3n) is 3.76. The number of nitrogens with one attached hydrogen (secondary N) is 1. The molecule has 0 spiro atoms. The van der Waals surface area contributed by atoms with Gasteiger partial charge in [-0.15, -0.1) is 11.3 Å². The normalized spacial score (nSPS) is 10.8. The second kappa shape index (κ2) is 7.33. The number of thiophene rings is 1. The van der Waals surface area contributed by atoms with Crippen molar-refractivity contribution in [2.24, 2.45) is 0 Å². The highest BCUT2D eigenvalue weighted by molar-refractivity contribution is 7.22. The number of ketones is 1. The van der Waals surface area contributed by atoms with Crippen molar-refractivity contribution in [3.8, 4) is 5.75 Å². The number of amides is 1. The van der Waals surface area contributed by atoms with Gasteiger partial charge in [-0.3, -0.25) is 9.59 Å². The summed E-state index contributed by atoms with van der Waals surface area (Å²) in [5.41, 5.74) is 1.53. The maximum atomic E-state index is 12.2. The molecule has 2 aromatic heterocycles. The number of thiazole rings is 1. The minimum absolute atomic E-state index is 0.00559. The van der Waals surface area contributed by atoms with E-state index in [1.807, 2.05) is 38.1 Å². The van der Waals surface area contributed by atoms with Crippen LogP contribution in [0.1, 0.15) is 33.0 Å². The number of carbonyl (C=O) groups is 2. The SMILES string of the molecule is COc1ccc2nc(NC(=O)CCC(=O)c3cc(C)sc3C)sc2c1. The molecule has 0 unspecified atom stereocenters. The number of anilines is 1. The van der Waals surface area contributed by atoms with Crippen LogP contribution in [0.3, 0.4) is 0 Å². The van der Waals surface area contributed by atoms with Gasteiger partial charge in [0.15, 0.2) is 10.9 Å². The average Bonchev–Trinajstić information content (AvgIpc) is 3.13. The molecule has 0 aliphatic rings. The Bertz CT molecular complexity index is 943. The first-order valence-electron chi connectivity index (χ1n) is 7.81. The number of aryl methyl sites for hydroxylation is 2. The van der Waals surface area contributed by atoms with Crippen LogP contribution in [-0.2, 0) is 4.79 Å². The summed E-state index contributed by atoms with van der Waals surface area (Å²) in [6.07, 6.45) is 0.341. The first-order valence-corrected chi connectivity index (χ1v) is 9.44. The summed E-state index contributed by atoms with van der Waals surface area (Å²) in [6, 6.07) is 7.46. The lowest BCUT2D eigenvalue weighted by molar-refractivity contribution is -0.116. The number of Topliss-reactive ketones (excluding diaryl/α,β-unsaturated/α-hetero) is 1. The van der Waals surface area contributed by atoms with Gasteiger partial charge in [0.1, 0.15) is 5.75 Å². The van der Waals surface area contributed by atoms with Crippen LogP contribution >= 0.6 is 22.7 Å². The predicted octanol–water partition coefficient (Wildman–Crippen LogP) is 4.58. The van der Waals surface area contributed by atoms with Crippen LogP contribution in [0.4, 0.5) is 5.13 Å². The van der Waals surface area contributed by atoms with E-state index in [1.54, 1.807) is 18.4 Å². The molecule has 1 aromatic carbocycles. The second-order valence-corrected chi connectivity index (χ2v) is 8.14. The maximum absolute atomic E-state index is 12.2. The van der Waals surface area contributed by atoms with Crippen LogP contribution in [0.15, 0.2) is 24.3 Å². The molecule has 3 rings (SSSR count). The van der Waals surface area contributed by atoms with E-state index in [9.17, 15) is 9.59 Å². The number of benzene rings is 1. The second-order valence-electron chi connectivity index (χ2n) is 5.65. The van der Waals surface area contributed by atoms with E-state index in [1.165, 1.54) is 11.3 Å². The van der Waals surface area contributed by atoms with Crippen LogP contribution < -0.4 is 10.1 Å². The lowest BCUT2D eigenvalue weighted by atomic mass is 10.1. The molecular weight excluding hydrogens is 356 g/mol. The summed E-state index contributed by atoms with van der Waals surface area (Å²) in [7, 11) is 1.61. The van der Waals surface area contributed by atoms with Gasteiger partial charge in [-0.2, -0.15) is 0 Å². The molecule has 0 atom stereocenters. The number of aromatic nitrogens is 1. The Morgan fingerprint density at radius 1 is 1.16 bits per heavy atom. The Labute approximate surface area is 153 Å². The van der Waals surface area contributed by atoms with Gasteiger partial charge < -0.3 is 10.1 Å². The fourth-order valence-electron chi connectivity index (χ4n) is 2.54. The molecule has 25 heavy (non-hydrogen) atoms. The Morgan fingerprint density at radius 2 is 1.96 bits per heavy atom. The van der Waals surface area contributed by atoms with Gasteiger partial charge in [-0.25, -0.2) is 4.98 Å². The third kappa shape index (κ3) is 4.05. The standard InChI is InChI=1S/C18H18N2O3S2/c1-10-8-13(11(2)24-10)15(21)6-7-17(22)20-18-19-14-5-4-12(23-3)9-16(14)25-18/h4-5,8-9H,6-7H2,1-3H3,(H,19,20,22). The van der Waals surface area contributed by atoms with Gasteiger partial charge in [-0.1, -0.05) is 11.3 Å². The van der Waals surface area contributed by atoms with E-state index in [2.05, 4.69) is 10.3 Å². The van der Waals surface area contributed by atoms with Crippen LogP contribution in [0, 0.1) is 13.8 Å². The molecule has 0 aliphatic heterocycles. The van der Waals surface area contributed by atoms with Crippen molar-refractivity contribution in [1.29, 1.82) is 0 Å². The number of nitrogens with zero attached hydrogens (tertiary/aromatic N) is 1. The van der Waals surface area contributed by atoms with Gasteiger partial charge in [-0.05, 0) is 38.1 Å². The molecular formula is C18H18N2O3S2. The fourth-order valence-corrected chi connectivity index (χ4v) is 4.39. The topological polar surface area (TPSA) is 68.3 Å². The molecule has 2 heterocycles. The Morgan fingerprint density at radius 3 is 2.64 bits per heavy atom. The highest BCUT2D eigenvalue weighted by Crippen LogP contribution is 2.29. The zero-order chi connectivity index (χ0) is 18.0. The van der Waals surface area contributed by atoms with Crippen molar-refractivity contribution in [3.05, 3.63) is 39.6 Å². The molecule has 0 saturated heterocycles. The number of ether oxygens (including phenoxy) is 1. The monoisotopic (exact) mass is 374 g/mol. The fraction of sp³-hybridized carbons (Fsp3) is 0.278. The molecule has 130 valence electrons. The summed E-state index contributed by atoms with van der Waals surface area (Å²) in [5, 5.41) is 3.30. The summed E-state index contributed by atoms with van der Waals surface area (Å²) in [6.45, 7) is 3.91. The van der Waals surface area contributed by atoms with E-state index in [0.717, 1.165) is 31.3 Å². The average molecular weight is 374 g/mol. The Kier molecular flexibility index (Phi) is 5.15. The number of hydrogen-bond acceptors (Lipinski definition) is 6. The van der Waals surface area contributed by atoms with Crippen molar-refractivity contribution in [2.75, 3.05) is 12.4 Å². The molecule has 0 bridgehead atoms.